The van der Waals surface area contributed by atoms with Gasteiger partial charge in [0.25, 0.3) is 0 Å². The highest BCUT2D eigenvalue weighted by Crippen LogP contribution is 2.29. The maximum absolute atomic E-state index is 6.04. The Hall–Kier alpha value is -0.770. The summed E-state index contributed by atoms with van der Waals surface area (Å²) in [5, 5.41) is 4.11. The van der Waals surface area contributed by atoms with Crippen molar-refractivity contribution in [2.45, 2.75) is 32.4 Å². The molecule has 4 heteroatoms. The number of halogens is 1. The molecule has 0 saturated carbocycles. The number of hydrogen-bond donors (Lipinski definition) is 1. The third kappa shape index (κ3) is 3.87. The molecule has 1 rings (SSSR count). The van der Waals surface area contributed by atoms with Crippen molar-refractivity contribution >= 4 is 11.6 Å². The van der Waals surface area contributed by atoms with Crippen molar-refractivity contribution in [2.24, 2.45) is 0 Å². The Bertz CT molecular complexity index is 371. The van der Waals surface area contributed by atoms with Crippen LogP contribution in [0.15, 0.2) is 18.2 Å². The molecular formula is C14H22ClNO2. The molecular weight excluding hydrogens is 250 g/mol. The van der Waals surface area contributed by atoms with Crippen LogP contribution in [0, 0.1) is 0 Å². The molecule has 0 spiro atoms. The summed E-state index contributed by atoms with van der Waals surface area (Å²) >= 11 is 6.04. The number of benzene rings is 1. The predicted molar refractivity (Wildman–Crippen MR) is 75.5 cm³/mol. The van der Waals surface area contributed by atoms with Crippen LogP contribution in [-0.2, 0) is 4.74 Å². The third-order valence-corrected chi connectivity index (χ3v) is 3.30. The molecule has 0 aliphatic carbocycles. The van der Waals surface area contributed by atoms with Crippen molar-refractivity contribution in [3.8, 4) is 5.75 Å². The fourth-order valence-corrected chi connectivity index (χ4v) is 2.06. The van der Waals surface area contributed by atoms with Crippen molar-refractivity contribution in [1.29, 1.82) is 0 Å². The standard InChI is InChI=1S/C14H22ClNO2/c1-5-8-16-14(10(2)17-3)11-6-7-12(15)13(9-11)18-4/h6-7,9-10,14,16H,5,8H2,1-4H3. The molecule has 0 aliphatic heterocycles. The van der Waals surface area contributed by atoms with Crippen LogP contribution >= 0.6 is 11.6 Å². The van der Waals surface area contributed by atoms with E-state index in [1.807, 2.05) is 18.2 Å². The highest BCUT2D eigenvalue weighted by molar-refractivity contribution is 6.32. The second-order valence-electron chi connectivity index (χ2n) is 4.27. The molecule has 0 bridgehead atoms. The summed E-state index contributed by atoms with van der Waals surface area (Å²) in [5.41, 5.74) is 1.12. The third-order valence-electron chi connectivity index (χ3n) is 2.99. The zero-order valence-corrected chi connectivity index (χ0v) is 12.3. The SMILES string of the molecule is CCCNC(c1ccc(Cl)c(OC)c1)C(C)OC. The average molecular weight is 272 g/mol. The van der Waals surface area contributed by atoms with Gasteiger partial charge in [-0.3, -0.25) is 0 Å². The quantitative estimate of drug-likeness (QED) is 0.824. The van der Waals surface area contributed by atoms with Crippen molar-refractivity contribution in [1.82, 2.24) is 5.32 Å². The van der Waals surface area contributed by atoms with E-state index in [0.717, 1.165) is 18.5 Å². The molecule has 0 saturated heterocycles. The summed E-state index contributed by atoms with van der Waals surface area (Å²) in [4.78, 5) is 0. The van der Waals surface area contributed by atoms with E-state index in [1.165, 1.54) is 0 Å². The van der Waals surface area contributed by atoms with E-state index in [9.17, 15) is 0 Å². The summed E-state index contributed by atoms with van der Waals surface area (Å²) in [6.45, 7) is 5.14. The highest BCUT2D eigenvalue weighted by atomic mass is 35.5. The summed E-state index contributed by atoms with van der Waals surface area (Å²) < 4.78 is 10.7. The second kappa shape index (κ2) is 7.62. The van der Waals surface area contributed by atoms with Crippen molar-refractivity contribution in [3.63, 3.8) is 0 Å². The van der Waals surface area contributed by atoms with Crippen molar-refractivity contribution < 1.29 is 9.47 Å². The Kier molecular flexibility index (Phi) is 6.47. The van der Waals surface area contributed by atoms with E-state index >= 15 is 0 Å². The van der Waals surface area contributed by atoms with E-state index < -0.39 is 0 Å². The van der Waals surface area contributed by atoms with E-state index in [-0.39, 0.29) is 12.1 Å². The van der Waals surface area contributed by atoms with Crippen LogP contribution in [0.4, 0.5) is 0 Å². The van der Waals surface area contributed by atoms with Crippen LogP contribution < -0.4 is 10.1 Å². The summed E-state index contributed by atoms with van der Waals surface area (Å²) in [5.74, 6) is 0.695. The minimum Gasteiger partial charge on any atom is -0.495 e. The second-order valence-corrected chi connectivity index (χ2v) is 4.67. The molecule has 0 heterocycles. The van der Waals surface area contributed by atoms with Gasteiger partial charge in [0.1, 0.15) is 5.75 Å². The normalized spacial score (nSPS) is 14.3. The number of hydrogen-bond acceptors (Lipinski definition) is 3. The zero-order chi connectivity index (χ0) is 13.5. The van der Waals surface area contributed by atoms with Crippen LogP contribution in [-0.4, -0.2) is 26.9 Å². The smallest absolute Gasteiger partial charge is 0.137 e. The first-order chi connectivity index (χ1) is 8.63. The van der Waals surface area contributed by atoms with Crippen LogP contribution in [0.5, 0.6) is 5.75 Å². The molecule has 2 unspecified atom stereocenters. The lowest BCUT2D eigenvalue weighted by Gasteiger charge is -2.25. The fourth-order valence-electron chi connectivity index (χ4n) is 1.86. The molecule has 0 aliphatic rings. The van der Waals surface area contributed by atoms with Gasteiger partial charge in [-0.25, -0.2) is 0 Å². The Morgan fingerprint density at radius 3 is 2.61 bits per heavy atom. The van der Waals surface area contributed by atoms with Crippen LogP contribution in [0.1, 0.15) is 31.9 Å². The molecule has 0 radical (unpaired) electrons. The molecule has 0 fully saturated rings. The van der Waals surface area contributed by atoms with E-state index in [1.54, 1.807) is 14.2 Å². The Morgan fingerprint density at radius 1 is 1.33 bits per heavy atom. The van der Waals surface area contributed by atoms with E-state index in [0.29, 0.717) is 10.8 Å². The van der Waals surface area contributed by atoms with Crippen molar-refractivity contribution in [3.05, 3.63) is 28.8 Å². The number of nitrogens with one attached hydrogen (secondary N) is 1. The molecule has 102 valence electrons. The highest BCUT2D eigenvalue weighted by Gasteiger charge is 2.19. The largest absolute Gasteiger partial charge is 0.495 e. The fraction of sp³-hybridized carbons (Fsp3) is 0.571. The van der Waals surface area contributed by atoms with Gasteiger partial charge in [-0.15, -0.1) is 0 Å². The zero-order valence-electron chi connectivity index (χ0n) is 11.5. The van der Waals surface area contributed by atoms with Crippen molar-refractivity contribution in [2.75, 3.05) is 20.8 Å². The van der Waals surface area contributed by atoms with Gasteiger partial charge in [0.2, 0.25) is 0 Å². The van der Waals surface area contributed by atoms with Gasteiger partial charge in [-0.1, -0.05) is 24.6 Å². The van der Waals surface area contributed by atoms with Gasteiger partial charge >= 0.3 is 0 Å². The number of rotatable bonds is 7. The lowest BCUT2D eigenvalue weighted by molar-refractivity contribution is 0.0829. The first kappa shape index (κ1) is 15.3. The monoisotopic (exact) mass is 271 g/mol. The molecule has 2 atom stereocenters. The Labute approximate surface area is 114 Å². The van der Waals surface area contributed by atoms with Gasteiger partial charge in [-0.05, 0) is 37.6 Å². The lowest BCUT2D eigenvalue weighted by atomic mass is 10.0. The van der Waals surface area contributed by atoms with Crippen LogP contribution in [0.2, 0.25) is 5.02 Å². The first-order valence-electron chi connectivity index (χ1n) is 6.23. The molecule has 0 amide bonds. The van der Waals surface area contributed by atoms with Crippen LogP contribution in [0.25, 0.3) is 0 Å². The Balaban J connectivity index is 2.96. The number of methoxy groups -OCH3 is 2. The predicted octanol–water partition coefficient (Wildman–Crippen LogP) is 3.42. The summed E-state index contributed by atoms with van der Waals surface area (Å²) in [6.07, 6.45) is 1.17. The van der Waals surface area contributed by atoms with Gasteiger partial charge < -0.3 is 14.8 Å². The topological polar surface area (TPSA) is 30.5 Å². The average Bonchev–Trinajstić information content (AvgIpc) is 2.40. The molecule has 1 aromatic carbocycles. The molecule has 18 heavy (non-hydrogen) atoms. The van der Waals surface area contributed by atoms with Crippen LogP contribution in [0.3, 0.4) is 0 Å². The lowest BCUT2D eigenvalue weighted by Crippen LogP contribution is -2.32. The minimum absolute atomic E-state index is 0.0856. The summed E-state index contributed by atoms with van der Waals surface area (Å²) in [7, 11) is 3.34. The molecule has 3 nitrogen and oxygen atoms in total. The maximum atomic E-state index is 6.04. The minimum atomic E-state index is 0.0856. The van der Waals surface area contributed by atoms with E-state index in [4.69, 9.17) is 21.1 Å². The van der Waals surface area contributed by atoms with Gasteiger partial charge in [0.05, 0.1) is 24.3 Å². The maximum Gasteiger partial charge on any atom is 0.137 e. The van der Waals surface area contributed by atoms with Gasteiger partial charge in [0.15, 0.2) is 0 Å². The van der Waals surface area contributed by atoms with Gasteiger partial charge in [0, 0.05) is 7.11 Å². The summed E-state index contributed by atoms with van der Waals surface area (Å²) in [6, 6.07) is 5.97. The van der Waals surface area contributed by atoms with Gasteiger partial charge in [-0.2, -0.15) is 0 Å². The number of ether oxygens (including phenoxy) is 2. The molecule has 1 N–H and O–H groups in total. The molecule has 1 aromatic rings. The molecule has 0 aromatic heterocycles. The van der Waals surface area contributed by atoms with E-state index in [2.05, 4.69) is 19.2 Å². The Morgan fingerprint density at radius 2 is 2.06 bits per heavy atom. The first-order valence-corrected chi connectivity index (χ1v) is 6.61.